The summed E-state index contributed by atoms with van der Waals surface area (Å²) in [6.07, 6.45) is 0.419. The molecule has 1 aliphatic rings. The molecule has 1 fully saturated rings. The Morgan fingerprint density at radius 1 is 1.00 bits per heavy atom. The number of hydrazine groups is 1. The van der Waals surface area contributed by atoms with Crippen LogP contribution in [0.2, 0.25) is 0 Å². The monoisotopic (exact) mass is 383 g/mol. The van der Waals surface area contributed by atoms with Gasteiger partial charge in [0.15, 0.2) is 0 Å². The van der Waals surface area contributed by atoms with Crippen LogP contribution in [0.4, 0.5) is 0 Å². The van der Waals surface area contributed by atoms with E-state index in [1.54, 1.807) is 24.3 Å². The van der Waals surface area contributed by atoms with Crippen molar-refractivity contribution in [2.75, 3.05) is 13.1 Å². The predicted molar refractivity (Wildman–Crippen MR) is 105 cm³/mol. The van der Waals surface area contributed by atoms with E-state index >= 15 is 0 Å². The van der Waals surface area contributed by atoms with Crippen molar-refractivity contribution in [2.24, 2.45) is 0 Å². The summed E-state index contributed by atoms with van der Waals surface area (Å²) in [5.74, 6) is -1.16. The molecule has 148 valence electrons. The summed E-state index contributed by atoms with van der Waals surface area (Å²) in [5.41, 5.74) is 6.30. The van der Waals surface area contributed by atoms with Gasteiger partial charge in [-0.15, -0.1) is 0 Å². The molecule has 0 aromatic heterocycles. The summed E-state index contributed by atoms with van der Waals surface area (Å²) in [6, 6.07) is 13.4. The van der Waals surface area contributed by atoms with Crippen molar-refractivity contribution in [2.45, 2.75) is 32.6 Å². The average Bonchev–Trinajstić information content (AvgIpc) is 2.66. The van der Waals surface area contributed by atoms with E-state index in [1.807, 2.05) is 12.1 Å². The third-order valence-electron chi connectivity index (χ3n) is 4.56. The number of ether oxygens (including phenoxy) is 1. The SMILES string of the molecule is CC1CN(Cc2ccc(C(=O)NNC(=O)c3ccccc3O)cc2)CC(C)O1. The number of aromatic hydroxyl groups is 1. The number of hydrogen-bond acceptors (Lipinski definition) is 5. The quantitative estimate of drug-likeness (QED) is 0.703. The van der Waals surface area contributed by atoms with Gasteiger partial charge >= 0.3 is 0 Å². The van der Waals surface area contributed by atoms with E-state index in [4.69, 9.17) is 4.74 Å². The first-order valence-electron chi connectivity index (χ1n) is 9.28. The Hall–Kier alpha value is -2.90. The van der Waals surface area contributed by atoms with Crippen molar-refractivity contribution in [1.82, 2.24) is 15.8 Å². The van der Waals surface area contributed by atoms with Crippen LogP contribution in [-0.2, 0) is 11.3 Å². The fourth-order valence-electron chi connectivity index (χ4n) is 3.35. The van der Waals surface area contributed by atoms with Crippen LogP contribution in [-0.4, -0.2) is 47.1 Å². The van der Waals surface area contributed by atoms with E-state index in [-0.39, 0.29) is 23.5 Å². The van der Waals surface area contributed by atoms with E-state index in [0.29, 0.717) is 5.56 Å². The minimum absolute atomic E-state index is 0.0899. The van der Waals surface area contributed by atoms with Crippen LogP contribution < -0.4 is 10.9 Å². The third kappa shape index (κ3) is 5.09. The first-order chi connectivity index (χ1) is 13.4. The molecular formula is C21H25N3O4. The normalized spacial score (nSPS) is 19.8. The highest BCUT2D eigenvalue weighted by molar-refractivity contribution is 6.00. The number of para-hydroxylation sites is 1. The molecule has 0 radical (unpaired) electrons. The molecule has 3 N–H and O–H groups in total. The van der Waals surface area contributed by atoms with Gasteiger partial charge < -0.3 is 9.84 Å². The number of nitrogens with one attached hydrogen (secondary N) is 2. The molecule has 2 atom stereocenters. The molecule has 7 heteroatoms. The average molecular weight is 383 g/mol. The van der Waals surface area contributed by atoms with Crippen molar-refractivity contribution in [1.29, 1.82) is 0 Å². The number of morpholine rings is 1. The Bertz CT molecular complexity index is 828. The molecule has 0 saturated carbocycles. The number of phenolic OH excluding ortho intramolecular Hbond substituents is 1. The second-order valence-corrected chi connectivity index (χ2v) is 7.07. The smallest absolute Gasteiger partial charge is 0.273 e. The number of phenols is 1. The van der Waals surface area contributed by atoms with Crippen LogP contribution in [0.1, 0.15) is 40.1 Å². The molecule has 2 aromatic carbocycles. The molecular weight excluding hydrogens is 358 g/mol. The Labute approximate surface area is 164 Å². The number of nitrogens with zero attached hydrogens (tertiary/aromatic N) is 1. The standard InChI is InChI=1S/C21H25N3O4/c1-14-11-24(12-15(2)28-14)13-16-7-9-17(10-8-16)20(26)22-23-21(27)18-5-3-4-6-19(18)25/h3-10,14-15,25H,11-13H2,1-2H3,(H,22,26)(H,23,27). The highest BCUT2D eigenvalue weighted by Crippen LogP contribution is 2.16. The maximum absolute atomic E-state index is 12.2. The molecule has 0 aliphatic carbocycles. The van der Waals surface area contributed by atoms with Crippen LogP contribution >= 0.6 is 0 Å². The van der Waals surface area contributed by atoms with Gasteiger partial charge in [0.25, 0.3) is 11.8 Å². The van der Waals surface area contributed by atoms with Crippen molar-refractivity contribution in [3.8, 4) is 5.75 Å². The minimum atomic E-state index is -0.585. The highest BCUT2D eigenvalue weighted by atomic mass is 16.5. The third-order valence-corrected chi connectivity index (χ3v) is 4.56. The van der Waals surface area contributed by atoms with Gasteiger partial charge in [-0.1, -0.05) is 24.3 Å². The number of carbonyl (C=O) groups is 2. The van der Waals surface area contributed by atoms with Gasteiger partial charge in [0, 0.05) is 25.2 Å². The van der Waals surface area contributed by atoms with Gasteiger partial charge in [-0.25, -0.2) is 0 Å². The van der Waals surface area contributed by atoms with E-state index in [1.165, 1.54) is 12.1 Å². The summed E-state index contributed by atoms with van der Waals surface area (Å²) in [7, 11) is 0. The largest absolute Gasteiger partial charge is 0.507 e. The molecule has 7 nitrogen and oxygen atoms in total. The van der Waals surface area contributed by atoms with Crippen molar-refractivity contribution in [3.05, 3.63) is 65.2 Å². The number of benzene rings is 2. The zero-order valence-corrected chi connectivity index (χ0v) is 16.0. The lowest BCUT2D eigenvalue weighted by Crippen LogP contribution is -2.44. The van der Waals surface area contributed by atoms with E-state index in [0.717, 1.165) is 25.2 Å². The predicted octanol–water partition coefficient (Wildman–Crippen LogP) is 2.08. The molecule has 1 heterocycles. The zero-order chi connectivity index (χ0) is 20.1. The van der Waals surface area contributed by atoms with E-state index < -0.39 is 11.8 Å². The molecule has 1 aliphatic heterocycles. The number of rotatable bonds is 4. The first-order valence-corrected chi connectivity index (χ1v) is 9.28. The van der Waals surface area contributed by atoms with Crippen molar-refractivity contribution in [3.63, 3.8) is 0 Å². The van der Waals surface area contributed by atoms with E-state index in [9.17, 15) is 14.7 Å². The van der Waals surface area contributed by atoms with Crippen LogP contribution in [0.15, 0.2) is 48.5 Å². The Morgan fingerprint density at radius 3 is 2.25 bits per heavy atom. The van der Waals surface area contributed by atoms with Crippen LogP contribution in [0, 0.1) is 0 Å². The Balaban J connectivity index is 1.53. The zero-order valence-electron chi connectivity index (χ0n) is 16.0. The summed E-state index contributed by atoms with van der Waals surface area (Å²) in [6.45, 7) is 6.69. The summed E-state index contributed by atoms with van der Waals surface area (Å²) < 4.78 is 5.75. The fraction of sp³-hybridized carbons (Fsp3) is 0.333. The fourth-order valence-corrected chi connectivity index (χ4v) is 3.35. The topological polar surface area (TPSA) is 90.9 Å². The van der Waals surface area contributed by atoms with Crippen molar-refractivity contribution < 1.29 is 19.4 Å². The molecule has 2 unspecified atom stereocenters. The molecule has 0 spiro atoms. The number of carbonyl (C=O) groups excluding carboxylic acids is 2. The highest BCUT2D eigenvalue weighted by Gasteiger charge is 2.22. The minimum Gasteiger partial charge on any atom is -0.507 e. The van der Waals surface area contributed by atoms with Gasteiger partial charge in [0.05, 0.1) is 17.8 Å². The van der Waals surface area contributed by atoms with E-state index in [2.05, 4.69) is 29.6 Å². The molecule has 28 heavy (non-hydrogen) atoms. The molecule has 0 bridgehead atoms. The maximum Gasteiger partial charge on any atom is 0.273 e. The lowest BCUT2D eigenvalue weighted by molar-refractivity contribution is -0.0704. The molecule has 1 saturated heterocycles. The van der Waals surface area contributed by atoms with Gasteiger partial charge in [-0.2, -0.15) is 0 Å². The summed E-state index contributed by atoms with van der Waals surface area (Å²) in [4.78, 5) is 26.6. The van der Waals surface area contributed by atoms with Gasteiger partial charge in [0.1, 0.15) is 5.75 Å². The van der Waals surface area contributed by atoms with Gasteiger partial charge in [0.2, 0.25) is 0 Å². The van der Waals surface area contributed by atoms with Crippen LogP contribution in [0.3, 0.4) is 0 Å². The second-order valence-electron chi connectivity index (χ2n) is 7.07. The van der Waals surface area contributed by atoms with Crippen LogP contribution in [0.5, 0.6) is 5.75 Å². The van der Waals surface area contributed by atoms with Gasteiger partial charge in [-0.3, -0.25) is 25.3 Å². The first kappa shape index (κ1) is 19.9. The summed E-state index contributed by atoms with van der Waals surface area (Å²) >= 11 is 0. The van der Waals surface area contributed by atoms with Crippen molar-refractivity contribution >= 4 is 11.8 Å². The lowest BCUT2D eigenvalue weighted by atomic mass is 10.1. The number of hydrogen-bond donors (Lipinski definition) is 3. The van der Waals surface area contributed by atoms with Crippen LogP contribution in [0.25, 0.3) is 0 Å². The lowest BCUT2D eigenvalue weighted by Gasteiger charge is -2.35. The molecule has 3 rings (SSSR count). The Morgan fingerprint density at radius 2 is 1.61 bits per heavy atom. The molecule has 2 amide bonds. The van der Waals surface area contributed by atoms with Gasteiger partial charge in [-0.05, 0) is 43.7 Å². The summed E-state index contributed by atoms with van der Waals surface area (Å²) in [5, 5.41) is 9.68. The molecule has 2 aromatic rings. The second kappa shape index (κ2) is 8.86. The Kier molecular flexibility index (Phi) is 6.28. The maximum atomic E-state index is 12.2. The number of amides is 2.